The number of hydrogen-bond donors (Lipinski definition) is 1. The zero-order valence-electron chi connectivity index (χ0n) is 12.2. The van der Waals surface area contributed by atoms with Crippen LogP contribution in [0.4, 0.5) is 0 Å². The van der Waals surface area contributed by atoms with Gasteiger partial charge in [0.1, 0.15) is 5.75 Å². The molecule has 1 amide bonds. The van der Waals surface area contributed by atoms with Crippen LogP contribution in [0.15, 0.2) is 30.6 Å². The van der Waals surface area contributed by atoms with Crippen molar-refractivity contribution in [3.63, 3.8) is 0 Å². The Morgan fingerprint density at radius 2 is 2.00 bits per heavy atom. The molecule has 0 fully saturated rings. The number of hydrogen-bond acceptors (Lipinski definition) is 3. The molecule has 0 bridgehead atoms. The molecule has 0 spiro atoms. The van der Waals surface area contributed by atoms with E-state index in [-0.39, 0.29) is 5.91 Å². The second-order valence-corrected chi connectivity index (χ2v) is 5.11. The van der Waals surface area contributed by atoms with E-state index in [1.54, 1.807) is 31.6 Å². The van der Waals surface area contributed by atoms with Crippen molar-refractivity contribution in [2.24, 2.45) is 0 Å². The van der Waals surface area contributed by atoms with Crippen LogP contribution >= 0.6 is 11.6 Å². The lowest BCUT2D eigenvalue weighted by Gasteiger charge is -2.15. The maximum absolute atomic E-state index is 12.1. The number of nitrogens with zero attached hydrogens (tertiary/aromatic N) is 1. The Hall–Kier alpha value is -2.07. The Kier molecular flexibility index (Phi) is 4.81. The van der Waals surface area contributed by atoms with Gasteiger partial charge in [-0.05, 0) is 43.2 Å². The van der Waals surface area contributed by atoms with Gasteiger partial charge in [0.2, 0.25) is 0 Å². The first-order valence-corrected chi connectivity index (χ1v) is 6.93. The molecule has 0 unspecified atom stereocenters. The predicted octanol–water partition coefficient (Wildman–Crippen LogP) is 3.29. The molecule has 2 aromatic rings. The Bertz CT molecular complexity index is 657. The van der Waals surface area contributed by atoms with E-state index < -0.39 is 0 Å². The predicted molar refractivity (Wildman–Crippen MR) is 82.9 cm³/mol. The van der Waals surface area contributed by atoms with Crippen LogP contribution in [-0.4, -0.2) is 18.0 Å². The number of nitrogens with one attached hydrogen (secondary N) is 1. The fraction of sp³-hybridized carbons (Fsp3) is 0.250. The van der Waals surface area contributed by atoms with Crippen molar-refractivity contribution in [3.8, 4) is 5.75 Å². The van der Waals surface area contributed by atoms with E-state index in [9.17, 15) is 4.79 Å². The molecular formula is C16H17ClN2O2. The molecular weight excluding hydrogens is 288 g/mol. The van der Waals surface area contributed by atoms with Gasteiger partial charge >= 0.3 is 0 Å². The summed E-state index contributed by atoms with van der Waals surface area (Å²) in [7, 11) is 1.61. The molecule has 1 aromatic carbocycles. The number of carbonyl (C=O) groups is 1. The van der Waals surface area contributed by atoms with Crippen LogP contribution in [0.25, 0.3) is 0 Å². The van der Waals surface area contributed by atoms with Crippen LogP contribution in [0.1, 0.15) is 27.0 Å². The molecule has 110 valence electrons. The molecule has 0 aliphatic heterocycles. The van der Waals surface area contributed by atoms with E-state index in [0.29, 0.717) is 17.1 Å². The summed E-state index contributed by atoms with van der Waals surface area (Å²) in [5.41, 5.74) is 3.33. The minimum atomic E-state index is -0.157. The quantitative estimate of drug-likeness (QED) is 0.943. The summed E-state index contributed by atoms with van der Waals surface area (Å²) in [6.07, 6.45) is 3.17. The maximum atomic E-state index is 12.1. The number of ether oxygens (including phenoxy) is 1. The van der Waals surface area contributed by atoms with Crippen LogP contribution in [0.2, 0.25) is 5.02 Å². The summed E-state index contributed by atoms with van der Waals surface area (Å²) in [4.78, 5) is 16.0. The molecule has 4 nitrogen and oxygen atoms in total. The zero-order valence-corrected chi connectivity index (χ0v) is 13.0. The lowest BCUT2D eigenvalue weighted by Crippen LogP contribution is -2.23. The summed E-state index contributed by atoms with van der Waals surface area (Å²) < 4.78 is 5.38. The highest BCUT2D eigenvalue weighted by Gasteiger charge is 2.14. The monoisotopic (exact) mass is 304 g/mol. The van der Waals surface area contributed by atoms with Crippen molar-refractivity contribution in [2.45, 2.75) is 20.4 Å². The van der Waals surface area contributed by atoms with Crippen LogP contribution in [0.5, 0.6) is 5.75 Å². The van der Waals surface area contributed by atoms with E-state index >= 15 is 0 Å². The van der Waals surface area contributed by atoms with Crippen LogP contribution < -0.4 is 10.1 Å². The third kappa shape index (κ3) is 3.34. The molecule has 2 rings (SSSR count). The normalized spacial score (nSPS) is 10.3. The molecule has 0 saturated heterocycles. The average molecular weight is 305 g/mol. The van der Waals surface area contributed by atoms with Gasteiger partial charge in [-0.1, -0.05) is 11.6 Å². The fourth-order valence-electron chi connectivity index (χ4n) is 2.14. The smallest absolute Gasteiger partial charge is 0.251 e. The Morgan fingerprint density at radius 3 is 2.62 bits per heavy atom. The summed E-state index contributed by atoms with van der Waals surface area (Å²) in [6.45, 7) is 4.21. The van der Waals surface area contributed by atoms with Gasteiger partial charge in [-0.2, -0.15) is 0 Å². The maximum Gasteiger partial charge on any atom is 0.251 e. The summed E-state index contributed by atoms with van der Waals surface area (Å²) in [6, 6.07) is 5.21. The van der Waals surface area contributed by atoms with E-state index in [0.717, 1.165) is 22.4 Å². The van der Waals surface area contributed by atoms with Crippen LogP contribution in [0.3, 0.4) is 0 Å². The summed E-state index contributed by atoms with van der Waals surface area (Å²) >= 11 is 6.27. The van der Waals surface area contributed by atoms with E-state index in [1.165, 1.54) is 0 Å². The number of rotatable bonds is 4. The highest BCUT2D eigenvalue weighted by atomic mass is 35.5. The Balaban J connectivity index is 2.20. The second-order valence-electron chi connectivity index (χ2n) is 4.73. The zero-order chi connectivity index (χ0) is 15.4. The Labute approximate surface area is 129 Å². The highest BCUT2D eigenvalue weighted by Crippen LogP contribution is 2.31. The fourth-order valence-corrected chi connectivity index (χ4v) is 2.30. The molecule has 0 saturated carbocycles. The molecule has 0 radical (unpaired) electrons. The van der Waals surface area contributed by atoms with Crippen LogP contribution in [-0.2, 0) is 6.54 Å². The molecule has 1 aromatic heterocycles. The molecule has 21 heavy (non-hydrogen) atoms. The lowest BCUT2D eigenvalue weighted by molar-refractivity contribution is 0.0950. The second kappa shape index (κ2) is 6.59. The average Bonchev–Trinajstić information content (AvgIpc) is 2.52. The summed E-state index contributed by atoms with van der Waals surface area (Å²) in [5, 5.41) is 3.57. The van der Waals surface area contributed by atoms with Gasteiger partial charge in [0.05, 0.1) is 7.11 Å². The number of carbonyl (C=O) groups excluding carboxylic acids is 1. The highest BCUT2D eigenvalue weighted by molar-refractivity contribution is 6.32. The first-order chi connectivity index (χ1) is 10.0. The van der Waals surface area contributed by atoms with E-state index in [1.807, 2.05) is 19.9 Å². The van der Waals surface area contributed by atoms with Crippen molar-refractivity contribution in [1.29, 1.82) is 0 Å². The van der Waals surface area contributed by atoms with Gasteiger partial charge in [-0.3, -0.25) is 9.78 Å². The minimum absolute atomic E-state index is 0.157. The van der Waals surface area contributed by atoms with Gasteiger partial charge in [0.25, 0.3) is 5.91 Å². The molecule has 1 heterocycles. The Morgan fingerprint density at radius 1 is 1.33 bits per heavy atom. The number of benzene rings is 1. The topological polar surface area (TPSA) is 51.2 Å². The first-order valence-electron chi connectivity index (χ1n) is 6.55. The third-order valence-electron chi connectivity index (χ3n) is 3.36. The minimum Gasteiger partial charge on any atom is -0.496 e. The van der Waals surface area contributed by atoms with Gasteiger partial charge in [-0.15, -0.1) is 0 Å². The lowest BCUT2D eigenvalue weighted by atomic mass is 10.0. The number of pyridine rings is 1. The van der Waals surface area contributed by atoms with Gasteiger partial charge in [-0.25, -0.2) is 0 Å². The van der Waals surface area contributed by atoms with Gasteiger partial charge < -0.3 is 10.1 Å². The van der Waals surface area contributed by atoms with E-state index in [2.05, 4.69) is 10.3 Å². The van der Waals surface area contributed by atoms with E-state index in [4.69, 9.17) is 16.3 Å². The number of methoxy groups -OCH3 is 1. The molecule has 0 aliphatic carbocycles. The number of halogens is 1. The first kappa shape index (κ1) is 15.3. The molecule has 1 N–H and O–H groups in total. The standard InChI is InChI=1S/C16H17ClN2O2/c1-10-8-14(21-3)13(11(2)15(10)17)9-19-16(20)12-4-6-18-7-5-12/h4-8H,9H2,1-3H3,(H,19,20). The van der Waals surface area contributed by atoms with Crippen molar-refractivity contribution < 1.29 is 9.53 Å². The third-order valence-corrected chi connectivity index (χ3v) is 3.94. The van der Waals surface area contributed by atoms with Crippen molar-refractivity contribution >= 4 is 17.5 Å². The van der Waals surface area contributed by atoms with Gasteiger partial charge in [0, 0.05) is 35.1 Å². The molecule has 0 atom stereocenters. The number of aryl methyl sites for hydroxylation is 1. The van der Waals surface area contributed by atoms with Crippen molar-refractivity contribution in [2.75, 3.05) is 7.11 Å². The molecule has 5 heteroatoms. The van der Waals surface area contributed by atoms with Crippen molar-refractivity contribution in [1.82, 2.24) is 10.3 Å². The number of aromatic nitrogens is 1. The molecule has 0 aliphatic rings. The summed E-state index contributed by atoms with van der Waals surface area (Å²) in [5.74, 6) is 0.569. The van der Waals surface area contributed by atoms with Crippen molar-refractivity contribution in [3.05, 3.63) is 57.9 Å². The van der Waals surface area contributed by atoms with Crippen LogP contribution in [0, 0.1) is 13.8 Å². The SMILES string of the molecule is COc1cc(C)c(Cl)c(C)c1CNC(=O)c1ccncc1. The largest absolute Gasteiger partial charge is 0.496 e. The van der Waals surface area contributed by atoms with Gasteiger partial charge in [0.15, 0.2) is 0 Å². The number of amides is 1.